The highest BCUT2D eigenvalue weighted by atomic mass is 35.5. The number of rotatable bonds is 4. The molecule has 106 valence electrons. The van der Waals surface area contributed by atoms with Crippen molar-refractivity contribution >= 4 is 17.3 Å². The van der Waals surface area contributed by atoms with Crippen molar-refractivity contribution in [2.75, 3.05) is 25.4 Å². The normalized spacial score (nSPS) is 24.6. The minimum absolute atomic E-state index is 0.343. The molecule has 0 bridgehead atoms. The number of halogens is 1. The number of hydrogen-bond donors (Lipinski definition) is 1. The molecule has 0 saturated carbocycles. The van der Waals surface area contributed by atoms with Crippen molar-refractivity contribution in [1.82, 2.24) is 4.90 Å². The lowest BCUT2D eigenvalue weighted by Gasteiger charge is -2.35. The van der Waals surface area contributed by atoms with Crippen LogP contribution in [0.15, 0.2) is 18.2 Å². The minimum atomic E-state index is 0.343. The van der Waals surface area contributed by atoms with Crippen LogP contribution in [0.3, 0.4) is 0 Å². The molecule has 1 fully saturated rings. The monoisotopic (exact) mass is 282 g/mol. The molecule has 0 amide bonds. The Morgan fingerprint density at radius 3 is 2.63 bits per heavy atom. The Morgan fingerprint density at radius 1 is 1.32 bits per heavy atom. The fraction of sp³-hybridized carbons (Fsp3) is 0.600. The molecule has 1 heterocycles. The molecule has 2 unspecified atom stereocenters. The summed E-state index contributed by atoms with van der Waals surface area (Å²) in [5, 5.41) is 0.638. The second-order valence-corrected chi connectivity index (χ2v) is 5.88. The van der Waals surface area contributed by atoms with Gasteiger partial charge in [-0.3, -0.25) is 4.90 Å². The van der Waals surface area contributed by atoms with Gasteiger partial charge in [-0.25, -0.2) is 0 Å². The van der Waals surface area contributed by atoms with Crippen LogP contribution in [-0.2, 0) is 11.2 Å². The first-order chi connectivity index (χ1) is 9.04. The molecule has 2 atom stereocenters. The highest BCUT2D eigenvalue weighted by Crippen LogP contribution is 2.20. The summed E-state index contributed by atoms with van der Waals surface area (Å²) in [6, 6.07) is 5.92. The van der Waals surface area contributed by atoms with E-state index in [0.717, 1.165) is 32.5 Å². The van der Waals surface area contributed by atoms with Gasteiger partial charge in [-0.05, 0) is 50.9 Å². The molecule has 1 saturated heterocycles. The Bertz CT molecular complexity index is 415. The molecule has 0 spiro atoms. The number of ether oxygens (including phenoxy) is 1. The van der Waals surface area contributed by atoms with Gasteiger partial charge in [0.15, 0.2) is 0 Å². The van der Waals surface area contributed by atoms with Crippen LogP contribution in [0.1, 0.15) is 25.8 Å². The summed E-state index contributed by atoms with van der Waals surface area (Å²) in [6.07, 6.45) is 2.87. The van der Waals surface area contributed by atoms with E-state index < -0.39 is 0 Å². The lowest BCUT2D eigenvalue weighted by molar-refractivity contribution is -0.0680. The average Bonchev–Trinajstić information content (AvgIpc) is 2.32. The van der Waals surface area contributed by atoms with Gasteiger partial charge in [-0.15, -0.1) is 0 Å². The van der Waals surface area contributed by atoms with Crippen LogP contribution in [0.25, 0.3) is 0 Å². The Morgan fingerprint density at radius 2 is 2.00 bits per heavy atom. The van der Waals surface area contributed by atoms with Gasteiger partial charge in [-0.2, -0.15) is 0 Å². The number of aryl methyl sites for hydroxylation is 1. The van der Waals surface area contributed by atoms with Crippen LogP contribution >= 0.6 is 11.6 Å². The quantitative estimate of drug-likeness (QED) is 0.863. The molecule has 3 nitrogen and oxygen atoms in total. The zero-order valence-electron chi connectivity index (χ0n) is 11.7. The lowest BCUT2D eigenvalue weighted by Crippen LogP contribution is -2.45. The summed E-state index contributed by atoms with van der Waals surface area (Å²) in [6.45, 7) is 7.46. The smallest absolute Gasteiger partial charge is 0.0678 e. The molecule has 2 rings (SSSR count). The van der Waals surface area contributed by atoms with Gasteiger partial charge in [0.05, 0.1) is 22.9 Å². The van der Waals surface area contributed by atoms with Crippen molar-refractivity contribution in [3.63, 3.8) is 0 Å². The molecule has 0 aliphatic carbocycles. The summed E-state index contributed by atoms with van der Waals surface area (Å²) in [5.41, 5.74) is 7.75. The van der Waals surface area contributed by atoms with Crippen molar-refractivity contribution in [1.29, 1.82) is 0 Å². The summed E-state index contributed by atoms with van der Waals surface area (Å²) in [7, 11) is 0. The van der Waals surface area contributed by atoms with Crippen molar-refractivity contribution in [3.05, 3.63) is 28.8 Å². The molecule has 0 aromatic heterocycles. The first kappa shape index (κ1) is 14.6. The summed E-state index contributed by atoms with van der Waals surface area (Å²) >= 11 is 5.92. The van der Waals surface area contributed by atoms with Crippen LogP contribution in [0.4, 0.5) is 5.69 Å². The third-order valence-electron chi connectivity index (χ3n) is 3.50. The van der Waals surface area contributed by atoms with Crippen molar-refractivity contribution in [2.45, 2.75) is 38.9 Å². The van der Waals surface area contributed by atoms with E-state index in [1.165, 1.54) is 5.56 Å². The number of morpholine rings is 1. The Balaban J connectivity index is 1.78. The van der Waals surface area contributed by atoms with Crippen LogP contribution in [-0.4, -0.2) is 36.7 Å². The van der Waals surface area contributed by atoms with Gasteiger partial charge >= 0.3 is 0 Å². The fourth-order valence-corrected chi connectivity index (χ4v) is 2.84. The van der Waals surface area contributed by atoms with E-state index in [0.29, 0.717) is 22.9 Å². The summed E-state index contributed by atoms with van der Waals surface area (Å²) in [4.78, 5) is 2.48. The topological polar surface area (TPSA) is 38.5 Å². The summed E-state index contributed by atoms with van der Waals surface area (Å²) in [5.74, 6) is 0. The largest absolute Gasteiger partial charge is 0.398 e. The number of anilines is 1. The third-order valence-corrected chi connectivity index (χ3v) is 3.84. The van der Waals surface area contributed by atoms with Gasteiger partial charge in [0.25, 0.3) is 0 Å². The van der Waals surface area contributed by atoms with Crippen molar-refractivity contribution in [2.24, 2.45) is 0 Å². The third kappa shape index (κ3) is 4.37. The molecule has 0 radical (unpaired) electrons. The molecule has 4 heteroatoms. The Labute approximate surface area is 120 Å². The van der Waals surface area contributed by atoms with Gasteiger partial charge in [-0.1, -0.05) is 17.7 Å². The molecule has 1 aliphatic rings. The molecule has 1 aliphatic heterocycles. The number of benzene rings is 1. The van der Waals surface area contributed by atoms with Gasteiger partial charge in [0.1, 0.15) is 0 Å². The molecule has 1 aromatic carbocycles. The number of nitrogen functional groups attached to an aromatic ring is 1. The van der Waals surface area contributed by atoms with E-state index in [4.69, 9.17) is 22.1 Å². The zero-order chi connectivity index (χ0) is 13.8. The maximum absolute atomic E-state index is 5.92. The molecule has 2 N–H and O–H groups in total. The number of nitrogens with zero attached hydrogens (tertiary/aromatic N) is 1. The van der Waals surface area contributed by atoms with E-state index in [2.05, 4.69) is 24.8 Å². The number of nitrogens with two attached hydrogens (primary N) is 1. The highest BCUT2D eigenvalue weighted by Gasteiger charge is 2.21. The van der Waals surface area contributed by atoms with E-state index in [1.54, 1.807) is 0 Å². The maximum Gasteiger partial charge on any atom is 0.0678 e. The SMILES string of the molecule is CC1CN(CCCc2ccc(Cl)c(N)c2)CC(C)O1. The van der Waals surface area contributed by atoms with E-state index in [-0.39, 0.29) is 0 Å². The fourth-order valence-electron chi connectivity index (χ4n) is 2.72. The second kappa shape index (κ2) is 6.60. The first-order valence-corrected chi connectivity index (χ1v) is 7.34. The van der Waals surface area contributed by atoms with E-state index in [1.807, 2.05) is 12.1 Å². The highest BCUT2D eigenvalue weighted by molar-refractivity contribution is 6.33. The van der Waals surface area contributed by atoms with Crippen LogP contribution < -0.4 is 5.73 Å². The van der Waals surface area contributed by atoms with Crippen molar-refractivity contribution < 1.29 is 4.74 Å². The van der Waals surface area contributed by atoms with E-state index in [9.17, 15) is 0 Å². The van der Waals surface area contributed by atoms with Gasteiger partial charge < -0.3 is 10.5 Å². The zero-order valence-corrected chi connectivity index (χ0v) is 12.5. The molecular formula is C15H23ClN2O. The standard InChI is InChI=1S/C15H23ClN2O/c1-11-9-18(10-12(2)19-11)7-3-4-13-5-6-14(16)15(17)8-13/h5-6,8,11-12H,3-4,7,9-10,17H2,1-2H3. The predicted molar refractivity (Wildman–Crippen MR) is 80.6 cm³/mol. The van der Waals surface area contributed by atoms with E-state index >= 15 is 0 Å². The summed E-state index contributed by atoms with van der Waals surface area (Å²) < 4.78 is 5.74. The second-order valence-electron chi connectivity index (χ2n) is 5.48. The van der Waals surface area contributed by atoms with Gasteiger partial charge in [0, 0.05) is 13.1 Å². The number of hydrogen-bond acceptors (Lipinski definition) is 3. The first-order valence-electron chi connectivity index (χ1n) is 6.96. The molecule has 19 heavy (non-hydrogen) atoms. The van der Waals surface area contributed by atoms with Crippen LogP contribution in [0.5, 0.6) is 0 Å². The lowest BCUT2D eigenvalue weighted by atomic mass is 10.1. The van der Waals surface area contributed by atoms with Crippen molar-refractivity contribution in [3.8, 4) is 0 Å². The minimum Gasteiger partial charge on any atom is -0.398 e. The maximum atomic E-state index is 5.92. The molecule has 1 aromatic rings. The Kier molecular flexibility index (Phi) is 5.08. The Hall–Kier alpha value is -0.770. The van der Waals surface area contributed by atoms with Crippen LogP contribution in [0, 0.1) is 0 Å². The average molecular weight is 283 g/mol. The predicted octanol–water partition coefficient (Wildman–Crippen LogP) is 2.96. The molecular weight excluding hydrogens is 260 g/mol. The van der Waals surface area contributed by atoms with Gasteiger partial charge in [0.2, 0.25) is 0 Å². The van der Waals surface area contributed by atoms with Crippen LogP contribution in [0.2, 0.25) is 5.02 Å².